The van der Waals surface area contributed by atoms with Gasteiger partial charge in [-0.15, -0.1) is 0 Å². The molecule has 1 rings (SSSR count). The summed E-state index contributed by atoms with van der Waals surface area (Å²) < 4.78 is 0. The van der Waals surface area contributed by atoms with Crippen molar-refractivity contribution in [2.24, 2.45) is 17.6 Å². The van der Waals surface area contributed by atoms with Crippen molar-refractivity contribution >= 4 is 0 Å². The minimum Gasteiger partial charge on any atom is -0.323 e. The maximum atomic E-state index is 6.52. The van der Waals surface area contributed by atoms with Gasteiger partial charge in [-0.2, -0.15) is 0 Å². The second kappa shape index (κ2) is 7.66. The summed E-state index contributed by atoms with van der Waals surface area (Å²) in [4.78, 5) is 2.44. The Hall–Kier alpha value is -0.860. The topological polar surface area (TPSA) is 29.3 Å². The van der Waals surface area contributed by atoms with E-state index in [1.165, 1.54) is 12.0 Å². The lowest BCUT2D eigenvalue weighted by molar-refractivity contribution is 0.143. The zero-order chi connectivity index (χ0) is 14.4. The molecule has 2 nitrogen and oxygen atoms in total. The van der Waals surface area contributed by atoms with Crippen LogP contribution in [0, 0.1) is 11.8 Å². The van der Waals surface area contributed by atoms with Crippen LogP contribution in [0.25, 0.3) is 0 Å². The number of hydrogen-bond acceptors (Lipinski definition) is 2. The van der Waals surface area contributed by atoms with Crippen LogP contribution in [-0.2, 0) is 0 Å². The van der Waals surface area contributed by atoms with E-state index < -0.39 is 0 Å². The number of hydrogen-bond donors (Lipinski definition) is 1. The van der Waals surface area contributed by atoms with E-state index in [1.54, 1.807) is 0 Å². The first-order valence-electron chi connectivity index (χ1n) is 7.48. The molecule has 108 valence electrons. The summed E-state index contributed by atoms with van der Waals surface area (Å²) in [6.45, 7) is 10.2. The molecule has 0 saturated heterocycles. The van der Waals surface area contributed by atoms with Crippen LogP contribution < -0.4 is 5.73 Å². The molecule has 0 aliphatic rings. The fraction of sp³-hybridized carbons (Fsp3) is 0.647. The molecule has 2 heteroatoms. The molecule has 1 aromatic rings. The third kappa shape index (κ3) is 4.63. The molecule has 0 radical (unpaired) electrons. The predicted octanol–water partition coefficient (Wildman–Crippen LogP) is 3.69. The van der Waals surface area contributed by atoms with Gasteiger partial charge >= 0.3 is 0 Å². The van der Waals surface area contributed by atoms with Gasteiger partial charge in [-0.05, 0) is 24.4 Å². The van der Waals surface area contributed by atoms with Gasteiger partial charge in [-0.3, -0.25) is 0 Å². The van der Waals surface area contributed by atoms with Crippen molar-refractivity contribution in [3.8, 4) is 0 Å². The Morgan fingerprint density at radius 1 is 1.11 bits per heavy atom. The Morgan fingerprint density at radius 2 is 1.68 bits per heavy atom. The van der Waals surface area contributed by atoms with Crippen LogP contribution in [0.15, 0.2) is 30.3 Å². The summed E-state index contributed by atoms with van der Waals surface area (Å²) in [6.07, 6.45) is 1.22. The monoisotopic (exact) mass is 262 g/mol. The number of rotatable bonds is 7. The summed E-state index contributed by atoms with van der Waals surface area (Å²) in [5.74, 6) is 1.26. The van der Waals surface area contributed by atoms with Gasteiger partial charge in [0.1, 0.15) is 0 Å². The van der Waals surface area contributed by atoms with E-state index in [0.717, 1.165) is 6.54 Å². The Bertz CT molecular complexity index is 348. The van der Waals surface area contributed by atoms with Crippen molar-refractivity contribution in [1.82, 2.24) is 4.90 Å². The van der Waals surface area contributed by atoms with E-state index in [2.05, 4.69) is 63.9 Å². The van der Waals surface area contributed by atoms with Crippen molar-refractivity contribution in [2.45, 2.75) is 46.2 Å². The fourth-order valence-corrected chi connectivity index (χ4v) is 2.81. The Morgan fingerprint density at radius 3 is 2.16 bits per heavy atom. The lowest BCUT2D eigenvalue weighted by atomic mass is 9.90. The SMILES string of the molecule is CCC(C)CN(C)C(C(C)C)C(N)c1ccccc1. The summed E-state index contributed by atoms with van der Waals surface area (Å²) >= 11 is 0. The molecule has 3 atom stereocenters. The maximum Gasteiger partial charge on any atom is 0.0455 e. The summed E-state index contributed by atoms with van der Waals surface area (Å²) in [6, 6.07) is 10.9. The van der Waals surface area contributed by atoms with Gasteiger partial charge in [0.2, 0.25) is 0 Å². The first-order valence-corrected chi connectivity index (χ1v) is 7.48. The van der Waals surface area contributed by atoms with Crippen LogP contribution in [0.3, 0.4) is 0 Å². The third-order valence-corrected chi connectivity index (χ3v) is 4.04. The first kappa shape index (κ1) is 16.2. The molecule has 0 spiro atoms. The first-order chi connectivity index (χ1) is 8.97. The largest absolute Gasteiger partial charge is 0.323 e. The minimum absolute atomic E-state index is 0.0789. The average Bonchev–Trinajstić information content (AvgIpc) is 2.39. The normalized spacial score (nSPS) is 16.6. The van der Waals surface area contributed by atoms with Crippen molar-refractivity contribution in [3.63, 3.8) is 0 Å². The third-order valence-electron chi connectivity index (χ3n) is 4.04. The standard InChI is InChI=1S/C17H30N2/c1-6-14(4)12-19(5)17(13(2)3)16(18)15-10-8-7-9-11-15/h7-11,13-14,16-17H,6,12,18H2,1-5H3. The van der Waals surface area contributed by atoms with Gasteiger partial charge in [0.25, 0.3) is 0 Å². The van der Waals surface area contributed by atoms with Crippen molar-refractivity contribution < 1.29 is 0 Å². The van der Waals surface area contributed by atoms with Gasteiger partial charge in [0, 0.05) is 18.6 Å². The lowest BCUT2D eigenvalue weighted by Crippen LogP contribution is -2.45. The molecule has 3 unspecified atom stereocenters. The second-order valence-electron chi connectivity index (χ2n) is 6.12. The molecule has 0 aliphatic heterocycles. The number of likely N-dealkylation sites (N-methyl/N-ethyl adjacent to an activating group) is 1. The molecular weight excluding hydrogens is 232 g/mol. The van der Waals surface area contributed by atoms with Gasteiger partial charge in [0.05, 0.1) is 0 Å². The highest BCUT2D eigenvalue weighted by molar-refractivity contribution is 5.20. The molecule has 0 bridgehead atoms. The smallest absolute Gasteiger partial charge is 0.0455 e. The van der Waals surface area contributed by atoms with E-state index >= 15 is 0 Å². The summed E-state index contributed by atoms with van der Waals surface area (Å²) in [5.41, 5.74) is 7.75. The van der Waals surface area contributed by atoms with Gasteiger partial charge in [-0.25, -0.2) is 0 Å². The molecule has 0 aromatic heterocycles. The molecule has 19 heavy (non-hydrogen) atoms. The number of benzene rings is 1. The van der Waals surface area contributed by atoms with Crippen LogP contribution >= 0.6 is 0 Å². The highest BCUT2D eigenvalue weighted by atomic mass is 15.2. The van der Waals surface area contributed by atoms with Crippen molar-refractivity contribution in [1.29, 1.82) is 0 Å². The van der Waals surface area contributed by atoms with E-state index in [-0.39, 0.29) is 6.04 Å². The molecular formula is C17H30N2. The summed E-state index contributed by atoms with van der Waals surface area (Å²) in [5, 5.41) is 0. The van der Waals surface area contributed by atoms with Crippen molar-refractivity contribution in [3.05, 3.63) is 35.9 Å². The van der Waals surface area contributed by atoms with Crippen LogP contribution in [-0.4, -0.2) is 24.5 Å². The minimum atomic E-state index is 0.0789. The molecule has 0 heterocycles. The van der Waals surface area contributed by atoms with E-state index in [1.807, 2.05) is 6.07 Å². The molecule has 2 N–H and O–H groups in total. The van der Waals surface area contributed by atoms with Gasteiger partial charge < -0.3 is 10.6 Å². The van der Waals surface area contributed by atoms with E-state index in [0.29, 0.717) is 17.9 Å². The Labute approximate surface area is 119 Å². The zero-order valence-electron chi connectivity index (χ0n) is 13.1. The predicted molar refractivity (Wildman–Crippen MR) is 84.1 cm³/mol. The number of nitrogens with two attached hydrogens (primary N) is 1. The quantitative estimate of drug-likeness (QED) is 0.812. The number of nitrogens with zero attached hydrogens (tertiary/aromatic N) is 1. The van der Waals surface area contributed by atoms with E-state index in [9.17, 15) is 0 Å². The van der Waals surface area contributed by atoms with Crippen molar-refractivity contribution in [2.75, 3.05) is 13.6 Å². The zero-order valence-corrected chi connectivity index (χ0v) is 13.1. The molecule has 0 amide bonds. The van der Waals surface area contributed by atoms with Crippen LogP contribution in [0.5, 0.6) is 0 Å². The van der Waals surface area contributed by atoms with Crippen LogP contribution in [0.1, 0.15) is 45.7 Å². The van der Waals surface area contributed by atoms with Crippen LogP contribution in [0.2, 0.25) is 0 Å². The molecule has 1 aromatic carbocycles. The molecule has 0 aliphatic carbocycles. The molecule has 0 fully saturated rings. The lowest BCUT2D eigenvalue weighted by Gasteiger charge is -2.37. The Kier molecular flexibility index (Phi) is 6.53. The highest BCUT2D eigenvalue weighted by Crippen LogP contribution is 2.24. The summed E-state index contributed by atoms with van der Waals surface area (Å²) in [7, 11) is 2.21. The van der Waals surface area contributed by atoms with Gasteiger partial charge in [0.15, 0.2) is 0 Å². The highest BCUT2D eigenvalue weighted by Gasteiger charge is 2.27. The van der Waals surface area contributed by atoms with E-state index in [4.69, 9.17) is 5.73 Å². The van der Waals surface area contributed by atoms with Gasteiger partial charge in [-0.1, -0.05) is 64.4 Å². The fourth-order valence-electron chi connectivity index (χ4n) is 2.81. The maximum absolute atomic E-state index is 6.52. The second-order valence-corrected chi connectivity index (χ2v) is 6.12. The van der Waals surface area contributed by atoms with Crippen LogP contribution in [0.4, 0.5) is 0 Å². The average molecular weight is 262 g/mol. The molecule has 0 saturated carbocycles. The Balaban J connectivity index is 2.82.